The van der Waals surface area contributed by atoms with Crippen LogP contribution in [0, 0.1) is 0 Å². The largest absolute Gasteiger partial charge is 0.302 e. The van der Waals surface area contributed by atoms with E-state index in [9.17, 15) is 4.79 Å². The van der Waals surface area contributed by atoms with E-state index in [1.54, 1.807) is 0 Å². The molecule has 2 aromatic rings. The Morgan fingerprint density at radius 2 is 2.10 bits per heavy atom. The highest BCUT2D eigenvalue weighted by atomic mass is 32.1. The maximum absolute atomic E-state index is 11.8. The van der Waals surface area contributed by atoms with Gasteiger partial charge in [0.2, 0.25) is 5.91 Å². The average Bonchev–Trinajstić information content (AvgIpc) is 2.88. The number of thiazole rings is 1. The number of benzene rings is 1. The van der Waals surface area contributed by atoms with E-state index in [4.69, 9.17) is 0 Å². The van der Waals surface area contributed by atoms with E-state index in [0.29, 0.717) is 17.5 Å². The second-order valence-corrected chi connectivity index (χ2v) is 5.85. The van der Waals surface area contributed by atoms with E-state index in [1.165, 1.54) is 16.2 Å². The first-order valence-corrected chi connectivity index (χ1v) is 7.44. The van der Waals surface area contributed by atoms with Gasteiger partial charge >= 0.3 is 0 Å². The molecule has 20 heavy (non-hydrogen) atoms. The number of hydrogen-bond acceptors (Lipinski definition) is 3. The van der Waals surface area contributed by atoms with Gasteiger partial charge in [-0.3, -0.25) is 4.79 Å². The number of carbonyl (C=O) groups is 1. The van der Waals surface area contributed by atoms with Crippen molar-refractivity contribution in [3.05, 3.63) is 53.0 Å². The number of nitrogens with one attached hydrogen (secondary N) is 1. The van der Waals surface area contributed by atoms with Gasteiger partial charge in [0, 0.05) is 17.5 Å². The fraction of sp³-hybridized carbons (Fsp3) is 0.250. The SMILES string of the molecule is CC(C)c1cnc(NC(=O)CC=Cc2ccccc2)s1. The van der Waals surface area contributed by atoms with Gasteiger partial charge < -0.3 is 5.32 Å². The summed E-state index contributed by atoms with van der Waals surface area (Å²) in [6.07, 6.45) is 5.98. The van der Waals surface area contributed by atoms with E-state index >= 15 is 0 Å². The molecule has 0 aliphatic heterocycles. The topological polar surface area (TPSA) is 42.0 Å². The third-order valence-electron chi connectivity index (χ3n) is 2.75. The summed E-state index contributed by atoms with van der Waals surface area (Å²) in [5, 5.41) is 3.49. The lowest BCUT2D eigenvalue weighted by molar-refractivity contribution is -0.115. The molecule has 0 aliphatic carbocycles. The Bertz CT molecular complexity index is 588. The number of aromatic nitrogens is 1. The molecule has 4 heteroatoms. The molecule has 0 atom stereocenters. The van der Waals surface area contributed by atoms with Crippen molar-refractivity contribution in [3.8, 4) is 0 Å². The van der Waals surface area contributed by atoms with Gasteiger partial charge in [-0.2, -0.15) is 0 Å². The zero-order valence-corrected chi connectivity index (χ0v) is 12.5. The molecule has 1 N–H and O–H groups in total. The van der Waals surface area contributed by atoms with Crippen molar-refractivity contribution < 1.29 is 4.79 Å². The molecular formula is C16H18N2OS. The summed E-state index contributed by atoms with van der Waals surface area (Å²) in [6.45, 7) is 4.23. The van der Waals surface area contributed by atoms with Crippen molar-refractivity contribution in [2.24, 2.45) is 0 Å². The first-order valence-electron chi connectivity index (χ1n) is 6.62. The standard InChI is InChI=1S/C16H18N2OS/c1-12(2)14-11-17-16(20-14)18-15(19)10-6-9-13-7-4-3-5-8-13/h3-9,11-12H,10H2,1-2H3,(H,17,18,19). The van der Waals surface area contributed by atoms with Crippen molar-refractivity contribution in [1.29, 1.82) is 0 Å². The zero-order chi connectivity index (χ0) is 14.4. The van der Waals surface area contributed by atoms with Crippen molar-refractivity contribution >= 4 is 28.5 Å². The van der Waals surface area contributed by atoms with Crippen molar-refractivity contribution in [2.45, 2.75) is 26.2 Å². The number of nitrogens with zero attached hydrogens (tertiary/aromatic N) is 1. The van der Waals surface area contributed by atoms with Crippen LogP contribution in [0.4, 0.5) is 5.13 Å². The molecule has 1 heterocycles. The summed E-state index contributed by atoms with van der Waals surface area (Å²) in [6, 6.07) is 9.93. The quantitative estimate of drug-likeness (QED) is 0.890. The van der Waals surface area contributed by atoms with Crippen molar-refractivity contribution in [1.82, 2.24) is 4.98 Å². The van der Waals surface area contributed by atoms with Crippen LogP contribution in [0.2, 0.25) is 0 Å². The Balaban J connectivity index is 1.84. The smallest absolute Gasteiger partial charge is 0.229 e. The van der Waals surface area contributed by atoms with Crippen LogP contribution < -0.4 is 5.32 Å². The lowest BCUT2D eigenvalue weighted by Crippen LogP contribution is -2.09. The van der Waals surface area contributed by atoms with Gasteiger partial charge in [0.05, 0.1) is 0 Å². The predicted molar refractivity (Wildman–Crippen MR) is 84.9 cm³/mol. The van der Waals surface area contributed by atoms with Crippen LogP contribution >= 0.6 is 11.3 Å². The average molecular weight is 286 g/mol. The van der Waals surface area contributed by atoms with Gasteiger partial charge in [-0.15, -0.1) is 11.3 Å². The number of rotatable bonds is 5. The van der Waals surface area contributed by atoms with Crippen LogP contribution in [-0.2, 0) is 4.79 Å². The van der Waals surface area contributed by atoms with Gasteiger partial charge in [0.25, 0.3) is 0 Å². The molecule has 0 aliphatic rings. The summed E-state index contributed by atoms with van der Waals surface area (Å²) in [5.41, 5.74) is 1.09. The summed E-state index contributed by atoms with van der Waals surface area (Å²) in [7, 11) is 0. The summed E-state index contributed by atoms with van der Waals surface area (Å²) in [5.74, 6) is 0.401. The second-order valence-electron chi connectivity index (χ2n) is 4.79. The van der Waals surface area contributed by atoms with Gasteiger partial charge in [-0.25, -0.2) is 4.98 Å². The normalized spacial score (nSPS) is 11.2. The highest BCUT2D eigenvalue weighted by molar-refractivity contribution is 7.15. The number of amides is 1. The molecule has 1 aromatic heterocycles. The van der Waals surface area contributed by atoms with E-state index in [-0.39, 0.29) is 5.91 Å². The Labute approximate surface area is 123 Å². The third kappa shape index (κ3) is 4.31. The second kappa shape index (κ2) is 7.01. The van der Waals surface area contributed by atoms with Crippen LogP contribution in [0.3, 0.4) is 0 Å². The van der Waals surface area contributed by atoms with Gasteiger partial charge in [-0.1, -0.05) is 56.3 Å². The molecule has 1 aromatic carbocycles. The van der Waals surface area contributed by atoms with Crippen LogP contribution in [0.15, 0.2) is 42.6 Å². The fourth-order valence-corrected chi connectivity index (χ4v) is 2.48. The molecule has 0 bridgehead atoms. The van der Waals surface area contributed by atoms with Crippen molar-refractivity contribution in [3.63, 3.8) is 0 Å². The molecular weight excluding hydrogens is 268 g/mol. The minimum atomic E-state index is -0.0400. The summed E-state index contributed by atoms with van der Waals surface area (Å²) in [4.78, 5) is 17.2. The number of carbonyl (C=O) groups excluding carboxylic acids is 1. The van der Waals surface area contributed by atoms with E-state index < -0.39 is 0 Å². The number of anilines is 1. The molecule has 0 radical (unpaired) electrons. The molecule has 0 unspecified atom stereocenters. The Hall–Kier alpha value is -1.94. The molecule has 104 valence electrons. The molecule has 1 amide bonds. The minimum Gasteiger partial charge on any atom is -0.302 e. The minimum absolute atomic E-state index is 0.0400. The molecule has 0 spiro atoms. The first-order chi connectivity index (χ1) is 9.65. The molecule has 2 rings (SSSR count). The lowest BCUT2D eigenvalue weighted by atomic mass is 10.2. The van der Waals surface area contributed by atoms with Crippen molar-refractivity contribution in [2.75, 3.05) is 5.32 Å². The number of hydrogen-bond donors (Lipinski definition) is 1. The molecule has 0 fully saturated rings. The van der Waals surface area contributed by atoms with Gasteiger partial charge in [0.15, 0.2) is 5.13 Å². The maximum atomic E-state index is 11.8. The Kier molecular flexibility index (Phi) is 5.07. The molecule has 3 nitrogen and oxygen atoms in total. The highest BCUT2D eigenvalue weighted by Gasteiger charge is 2.07. The van der Waals surface area contributed by atoms with E-state index in [2.05, 4.69) is 24.1 Å². The maximum Gasteiger partial charge on any atom is 0.229 e. The fourth-order valence-electron chi connectivity index (χ4n) is 1.65. The van der Waals surface area contributed by atoms with Crippen LogP contribution in [0.1, 0.15) is 36.6 Å². The van der Waals surface area contributed by atoms with Gasteiger partial charge in [0.1, 0.15) is 0 Å². The zero-order valence-electron chi connectivity index (χ0n) is 11.7. The summed E-state index contributed by atoms with van der Waals surface area (Å²) < 4.78 is 0. The molecule has 0 saturated heterocycles. The lowest BCUT2D eigenvalue weighted by Gasteiger charge is -1.99. The van der Waals surface area contributed by atoms with E-state index in [0.717, 1.165) is 5.56 Å². The third-order valence-corrected chi connectivity index (χ3v) is 3.97. The predicted octanol–water partition coefficient (Wildman–Crippen LogP) is 4.31. The van der Waals surface area contributed by atoms with Crippen LogP contribution in [-0.4, -0.2) is 10.9 Å². The Morgan fingerprint density at radius 1 is 1.35 bits per heavy atom. The van der Waals surface area contributed by atoms with Crippen LogP contribution in [0.25, 0.3) is 6.08 Å². The van der Waals surface area contributed by atoms with Crippen LogP contribution in [0.5, 0.6) is 0 Å². The van der Waals surface area contributed by atoms with E-state index in [1.807, 2.05) is 48.7 Å². The highest BCUT2D eigenvalue weighted by Crippen LogP contribution is 2.25. The Morgan fingerprint density at radius 3 is 2.75 bits per heavy atom. The molecule has 0 saturated carbocycles. The summed E-state index contributed by atoms with van der Waals surface area (Å²) >= 11 is 1.53. The monoisotopic (exact) mass is 286 g/mol. The first kappa shape index (κ1) is 14.5. The van der Waals surface area contributed by atoms with Gasteiger partial charge in [-0.05, 0) is 11.5 Å².